The molecule has 0 radical (unpaired) electrons. The highest BCUT2D eigenvalue weighted by Gasteiger charge is 2.17. The first kappa shape index (κ1) is 12.6. The molecule has 0 aliphatic carbocycles. The minimum atomic E-state index is 0.130. The third kappa shape index (κ3) is 3.89. The van der Waals surface area contributed by atoms with Crippen molar-refractivity contribution < 1.29 is 5.11 Å². The number of thiazole rings is 1. The molecule has 0 spiro atoms. The van der Waals surface area contributed by atoms with E-state index in [1.54, 1.807) is 11.3 Å². The fourth-order valence-corrected chi connectivity index (χ4v) is 2.00. The Kier molecular flexibility index (Phi) is 4.25. The summed E-state index contributed by atoms with van der Waals surface area (Å²) in [6, 6.07) is 0.144. The summed E-state index contributed by atoms with van der Waals surface area (Å²) in [7, 11) is 0. The average Bonchev–Trinajstić information content (AvgIpc) is 2.61. The second-order valence-electron chi connectivity index (χ2n) is 4.85. The van der Waals surface area contributed by atoms with Gasteiger partial charge < -0.3 is 10.4 Å². The lowest BCUT2D eigenvalue weighted by Gasteiger charge is -2.13. The van der Waals surface area contributed by atoms with Gasteiger partial charge in [0.2, 0.25) is 0 Å². The summed E-state index contributed by atoms with van der Waals surface area (Å²) >= 11 is 1.74. The van der Waals surface area contributed by atoms with Gasteiger partial charge in [0.05, 0.1) is 11.6 Å². The van der Waals surface area contributed by atoms with Gasteiger partial charge >= 0.3 is 0 Å². The zero-order valence-electron chi connectivity index (χ0n) is 9.87. The zero-order valence-corrected chi connectivity index (χ0v) is 10.7. The lowest BCUT2D eigenvalue weighted by molar-refractivity contribution is 0.251. The van der Waals surface area contributed by atoms with Crippen LogP contribution in [0.25, 0.3) is 0 Å². The first-order valence-corrected chi connectivity index (χ1v) is 6.04. The molecule has 2 N–H and O–H groups in total. The highest BCUT2D eigenvalue weighted by molar-refractivity contribution is 7.11. The number of hydrogen-bond acceptors (Lipinski definition) is 4. The lowest BCUT2D eigenvalue weighted by atomic mass is 9.98. The highest BCUT2D eigenvalue weighted by atomic mass is 32.1. The Morgan fingerprint density at radius 2 is 2.20 bits per heavy atom. The molecular formula is C11H20N2OS. The monoisotopic (exact) mass is 228 g/mol. The Bertz CT molecular complexity index is 304. The first-order valence-electron chi connectivity index (χ1n) is 5.23. The number of aliphatic hydroxyl groups excluding tert-OH is 1. The van der Waals surface area contributed by atoms with Crippen molar-refractivity contribution in [3.8, 4) is 0 Å². The van der Waals surface area contributed by atoms with Crippen LogP contribution in [0.15, 0.2) is 6.20 Å². The molecular weight excluding hydrogens is 208 g/mol. The molecule has 0 fully saturated rings. The third-order valence-electron chi connectivity index (χ3n) is 2.09. The SMILES string of the molecule is C[C@@H](CO)NCc1cnc(C(C)(C)C)s1. The number of aliphatic hydroxyl groups is 1. The van der Waals surface area contributed by atoms with Crippen molar-refractivity contribution in [1.82, 2.24) is 10.3 Å². The molecule has 1 heterocycles. The lowest BCUT2D eigenvalue weighted by Crippen LogP contribution is -2.28. The molecule has 1 aromatic rings. The summed E-state index contributed by atoms with van der Waals surface area (Å²) in [6.07, 6.45) is 1.92. The Morgan fingerprint density at radius 1 is 1.53 bits per heavy atom. The summed E-state index contributed by atoms with van der Waals surface area (Å²) < 4.78 is 0. The molecule has 3 nitrogen and oxygen atoms in total. The van der Waals surface area contributed by atoms with Crippen LogP contribution in [0.2, 0.25) is 0 Å². The van der Waals surface area contributed by atoms with Gasteiger partial charge in [-0.3, -0.25) is 0 Å². The van der Waals surface area contributed by atoms with Crippen LogP contribution in [0.4, 0.5) is 0 Å². The number of rotatable bonds is 4. The van der Waals surface area contributed by atoms with Gasteiger partial charge in [-0.05, 0) is 6.92 Å². The van der Waals surface area contributed by atoms with E-state index < -0.39 is 0 Å². The fourth-order valence-electron chi connectivity index (χ4n) is 1.08. The van der Waals surface area contributed by atoms with Gasteiger partial charge in [0.1, 0.15) is 0 Å². The fraction of sp³-hybridized carbons (Fsp3) is 0.727. The number of hydrogen-bond donors (Lipinski definition) is 2. The largest absolute Gasteiger partial charge is 0.395 e. The number of nitrogens with zero attached hydrogens (tertiary/aromatic N) is 1. The molecule has 0 saturated carbocycles. The van der Waals surface area contributed by atoms with Gasteiger partial charge in [-0.25, -0.2) is 4.98 Å². The van der Waals surface area contributed by atoms with Crippen LogP contribution in [0.1, 0.15) is 37.6 Å². The smallest absolute Gasteiger partial charge is 0.0981 e. The third-order valence-corrected chi connectivity index (χ3v) is 3.52. The molecule has 0 aliphatic heterocycles. The second-order valence-corrected chi connectivity index (χ2v) is 5.96. The number of nitrogens with one attached hydrogen (secondary N) is 1. The van der Waals surface area contributed by atoms with Crippen LogP contribution in [0.3, 0.4) is 0 Å². The Morgan fingerprint density at radius 3 is 2.67 bits per heavy atom. The summed E-state index contributed by atoms with van der Waals surface area (Å²) in [5.74, 6) is 0. The Labute approximate surface area is 95.6 Å². The van der Waals surface area contributed by atoms with Gasteiger partial charge in [-0.1, -0.05) is 20.8 Å². The van der Waals surface area contributed by atoms with Crippen molar-refractivity contribution in [3.63, 3.8) is 0 Å². The molecule has 0 unspecified atom stereocenters. The van der Waals surface area contributed by atoms with E-state index in [1.165, 1.54) is 4.88 Å². The molecule has 1 atom stereocenters. The van der Waals surface area contributed by atoms with Crippen molar-refractivity contribution in [1.29, 1.82) is 0 Å². The standard InChI is InChI=1S/C11H20N2OS/c1-8(7-14)12-5-9-6-13-10(15-9)11(2,3)4/h6,8,12,14H,5,7H2,1-4H3/t8-/m0/s1. The average molecular weight is 228 g/mol. The topological polar surface area (TPSA) is 45.1 Å². The Balaban J connectivity index is 2.54. The van der Waals surface area contributed by atoms with Crippen LogP contribution in [0, 0.1) is 0 Å². The molecule has 86 valence electrons. The summed E-state index contributed by atoms with van der Waals surface area (Å²) in [4.78, 5) is 5.63. The predicted molar refractivity (Wildman–Crippen MR) is 64.2 cm³/mol. The van der Waals surface area contributed by atoms with Crippen LogP contribution in [-0.4, -0.2) is 22.7 Å². The molecule has 0 bridgehead atoms. The quantitative estimate of drug-likeness (QED) is 0.827. The van der Waals surface area contributed by atoms with E-state index in [0.717, 1.165) is 11.6 Å². The van der Waals surface area contributed by atoms with Crippen molar-refractivity contribution in [3.05, 3.63) is 16.1 Å². The summed E-state index contributed by atoms with van der Waals surface area (Å²) in [5.41, 5.74) is 0.130. The van der Waals surface area contributed by atoms with Crippen molar-refractivity contribution in [2.24, 2.45) is 0 Å². The highest BCUT2D eigenvalue weighted by Crippen LogP contribution is 2.26. The van der Waals surface area contributed by atoms with Gasteiger partial charge in [-0.15, -0.1) is 11.3 Å². The molecule has 4 heteroatoms. The van der Waals surface area contributed by atoms with Crippen LogP contribution in [0.5, 0.6) is 0 Å². The van der Waals surface area contributed by atoms with E-state index in [0.29, 0.717) is 0 Å². The molecule has 1 aromatic heterocycles. The second kappa shape index (κ2) is 5.05. The molecule has 0 aromatic carbocycles. The minimum Gasteiger partial charge on any atom is -0.395 e. The maximum atomic E-state index is 8.87. The zero-order chi connectivity index (χ0) is 11.5. The maximum Gasteiger partial charge on any atom is 0.0981 e. The van der Waals surface area contributed by atoms with E-state index in [1.807, 2.05) is 13.1 Å². The predicted octanol–water partition coefficient (Wildman–Crippen LogP) is 1.91. The van der Waals surface area contributed by atoms with Crippen LogP contribution in [-0.2, 0) is 12.0 Å². The van der Waals surface area contributed by atoms with E-state index in [4.69, 9.17) is 5.11 Å². The van der Waals surface area contributed by atoms with Crippen LogP contribution >= 0.6 is 11.3 Å². The van der Waals surface area contributed by atoms with Gasteiger partial charge in [0.25, 0.3) is 0 Å². The van der Waals surface area contributed by atoms with E-state index in [9.17, 15) is 0 Å². The van der Waals surface area contributed by atoms with Gasteiger partial charge in [0.15, 0.2) is 0 Å². The summed E-state index contributed by atoms with van der Waals surface area (Å²) in [5, 5.41) is 13.3. The van der Waals surface area contributed by atoms with E-state index in [-0.39, 0.29) is 18.1 Å². The van der Waals surface area contributed by atoms with Crippen molar-refractivity contribution >= 4 is 11.3 Å². The normalized spacial score (nSPS) is 14.2. The van der Waals surface area contributed by atoms with E-state index >= 15 is 0 Å². The molecule has 1 rings (SSSR count). The first-order chi connectivity index (χ1) is 6.93. The van der Waals surface area contributed by atoms with E-state index in [2.05, 4.69) is 31.1 Å². The van der Waals surface area contributed by atoms with Gasteiger partial charge in [-0.2, -0.15) is 0 Å². The molecule has 15 heavy (non-hydrogen) atoms. The minimum absolute atomic E-state index is 0.130. The van der Waals surface area contributed by atoms with Crippen molar-refractivity contribution in [2.75, 3.05) is 6.61 Å². The number of aromatic nitrogens is 1. The molecule has 0 saturated heterocycles. The molecule has 0 aliphatic rings. The van der Waals surface area contributed by atoms with Crippen molar-refractivity contribution in [2.45, 2.75) is 45.7 Å². The summed E-state index contributed by atoms with van der Waals surface area (Å²) in [6.45, 7) is 9.42. The van der Waals surface area contributed by atoms with Gasteiger partial charge in [0, 0.05) is 29.1 Å². The van der Waals surface area contributed by atoms with Crippen LogP contribution < -0.4 is 5.32 Å². The maximum absolute atomic E-state index is 8.87. The Hall–Kier alpha value is -0.450. The molecule has 0 amide bonds.